The summed E-state index contributed by atoms with van der Waals surface area (Å²) >= 11 is 0. The van der Waals surface area contributed by atoms with Crippen LogP contribution in [0.4, 0.5) is 5.69 Å². The Labute approximate surface area is 180 Å². The molecule has 1 aliphatic heterocycles. The number of rotatable bonds is 6. The van der Waals surface area contributed by atoms with E-state index in [1.54, 1.807) is 30.3 Å². The molecule has 2 N–H and O–H groups in total. The van der Waals surface area contributed by atoms with Crippen molar-refractivity contribution in [3.05, 3.63) is 64.7 Å². The first-order valence-electron chi connectivity index (χ1n) is 9.94. The van der Waals surface area contributed by atoms with Gasteiger partial charge in [0.05, 0.1) is 12.5 Å². The molecule has 2 aromatic carbocycles. The number of carbonyl (C=O) groups is 4. The summed E-state index contributed by atoms with van der Waals surface area (Å²) in [5, 5.41) is 3.81. The van der Waals surface area contributed by atoms with Crippen molar-refractivity contribution in [3.63, 3.8) is 0 Å². The van der Waals surface area contributed by atoms with Crippen LogP contribution in [0, 0.1) is 26.7 Å². The lowest BCUT2D eigenvalue weighted by molar-refractivity contribution is -0.151. The van der Waals surface area contributed by atoms with Gasteiger partial charge >= 0.3 is 5.97 Å². The van der Waals surface area contributed by atoms with Crippen LogP contribution in [0.1, 0.15) is 33.5 Å². The van der Waals surface area contributed by atoms with Gasteiger partial charge in [-0.3, -0.25) is 29.6 Å². The zero-order valence-corrected chi connectivity index (χ0v) is 17.7. The number of amides is 3. The summed E-state index contributed by atoms with van der Waals surface area (Å²) in [5.41, 5.74) is 6.56. The van der Waals surface area contributed by atoms with Crippen molar-refractivity contribution in [2.24, 2.45) is 5.92 Å². The highest BCUT2D eigenvalue weighted by atomic mass is 16.5. The Morgan fingerprint density at radius 3 is 2.39 bits per heavy atom. The second-order valence-corrected chi connectivity index (χ2v) is 7.69. The Morgan fingerprint density at radius 1 is 1.03 bits per heavy atom. The fourth-order valence-electron chi connectivity index (χ4n) is 3.26. The van der Waals surface area contributed by atoms with Gasteiger partial charge in [0.1, 0.15) is 0 Å². The third kappa shape index (κ3) is 5.69. The summed E-state index contributed by atoms with van der Waals surface area (Å²) in [6.45, 7) is 5.28. The van der Waals surface area contributed by atoms with Gasteiger partial charge in [-0.25, -0.2) is 0 Å². The summed E-state index contributed by atoms with van der Waals surface area (Å²) < 4.78 is 5.08. The smallest absolute Gasteiger partial charge is 0.311 e. The predicted molar refractivity (Wildman–Crippen MR) is 114 cm³/mol. The van der Waals surface area contributed by atoms with Gasteiger partial charge in [0.15, 0.2) is 6.61 Å². The molecular formula is C23H25N3O5. The van der Waals surface area contributed by atoms with Crippen LogP contribution >= 0.6 is 0 Å². The monoisotopic (exact) mass is 423 g/mol. The largest absolute Gasteiger partial charge is 0.455 e. The summed E-state index contributed by atoms with van der Waals surface area (Å²) in [6.07, 6.45) is -0.0916. The average molecular weight is 423 g/mol. The molecule has 2 aromatic rings. The second kappa shape index (κ2) is 9.42. The maximum Gasteiger partial charge on any atom is 0.311 e. The zero-order chi connectivity index (χ0) is 22.5. The number of esters is 1. The molecule has 8 nitrogen and oxygen atoms in total. The van der Waals surface area contributed by atoms with E-state index < -0.39 is 30.3 Å². The van der Waals surface area contributed by atoms with E-state index in [-0.39, 0.29) is 18.9 Å². The predicted octanol–water partition coefficient (Wildman–Crippen LogP) is 2.29. The van der Waals surface area contributed by atoms with E-state index in [4.69, 9.17) is 4.74 Å². The van der Waals surface area contributed by atoms with Crippen LogP contribution in [0.15, 0.2) is 42.5 Å². The van der Waals surface area contributed by atoms with Gasteiger partial charge in [-0.2, -0.15) is 0 Å². The standard InChI is InChI=1S/C23H25N3O5/c1-14-4-7-17(8-5-14)22(29)25-26-12-18(11-21(26)28)23(30)31-13-20(27)24-19-9-6-15(2)10-16(19)3/h4-10,18H,11-13H2,1-3H3,(H,24,27)(H,25,29)/t18-/m0/s1. The Kier molecular flexibility index (Phi) is 6.69. The lowest BCUT2D eigenvalue weighted by Crippen LogP contribution is -2.43. The van der Waals surface area contributed by atoms with E-state index in [9.17, 15) is 19.2 Å². The molecule has 3 rings (SSSR count). The van der Waals surface area contributed by atoms with Crippen molar-refractivity contribution in [1.29, 1.82) is 0 Å². The molecule has 0 saturated carbocycles. The molecule has 1 heterocycles. The third-order valence-electron chi connectivity index (χ3n) is 5.01. The average Bonchev–Trinajstić information content (AvgIpc) is 3.09. The lowest BCUT2D eigenvalue weighted by atomic mass is 10.1. The van der Waals surface area contributed by atoms with Gasteiger partial charge in [-0.15, -0.1) is 0 Å². The van der Waals surface area contributed by atoms with Crippen LogP contribution < -0.4 is 10.7 Å². The quantitative estimate of drug-likeness (QED) is 0.694. The summed E-state index contributed by atoms with van der Waals surface area (Å²) in [7, 11) is 0. The van der Waals surface area contributed by atoms with Gasteiger partial charge in [0.2, 0.25) is 5.91 Å². The molecule has 1 fully saturated rings. The fraction of sp³-hybridized carbons (Fsp3) is 0.304. The Bertz CT molecular complexity index is 1020. The molecule has 1 aliphatic rings. The van der Waals surface area contributed by atoms with Crippen LogP contribution in [0.3, 0.4) is 0 Å². The highest BCUT2D eigenvalue weighted by Crippen LogP contribution is 2.19. The van der Waals surface area contributed by atoms with Crippen molar-refractivity contribution in [2.75, 3.05) is 18.5 Å². The molecule has 3 amide bonds. The van der Waals surface area contributed by atoms with E-state index in [2.05, 4.69) is 10.7 Å². The normalized spacial score (nSPS) is 15.5. The first kappa shape index (κ1) is 22.0. The molecule has 0 radical (unpaired) electrons. The Hall–Kier alpha value is -3.68. The minimum absolute atomic E-state index is 0.00599. The van der Waals surface area contributed by atoms with Gasteiger partial charge in [0.25, 0.3) is 11.8 Å². The second-order valence-electron chi connectivity index (χ2n) is 7.69. The number of hydrogen-bond donors (Lipinski definition) is 2. The molecule has 0 aromatic heterocycles. The van der Waals surface area contributed by atoms with Crippen LogP contribution in [-0.2, 0) is 19.1 Å². The van der Waals surface area contributed by atoms with Crippen molar-refractivity contribution in [3.8, 4) is 0 Å². The number of hydrogen-bond acceptors (Lipinski definition) is 5. The molecule has 162 valence electrons. The first-order valence-corrected chi connectivity index (χ1v) is 9.94. The summed E-state index contributed by atoms with van der Waals surface area (Å²) in [6, 6.07) is 12.5. The molecule has 1 saturated heterocycles. The topological polar surface area (TPSA) is 105 Å². The molecule has 0 aliphatic carbocycles. The van der Waals surface area contributed by atoms with Crippen LogP contribution in [-0.4, -0.2) is 41.9 Å². The van der Waals surface area contributed by atoms with Crippen molar-refractivity contribution < 1.29 is 23.9 Å². The molecule has 0 unspecified atom stereocenters. The van der Waals surface area contributed by atoms with E-state index in [0.29, 0.717) is 11.3 Å². The molecule has 1 atom stereocenters. The van der Waals surface area contributed by atoms with Gasteiger partial charge in [0, 0.05) is 17.7 Å². The molecule has 0 bridgehead atoms. The van der Waals surface area contributed by atoms with Crippen molar-refractivity contribution in [1.82, 2.24) is 10.4 Å². The van der Waals surface area contributed by atoms with Gasteiger partial charge in [-0.1, -0.05) is 35.4 Å². The molecular weight excluding hydrogens is 398 g/mol. The van der Waals surface area contributed by atoms with Crippen LogP contribution in [0.2, 0.25) is 0 Å². The third-order valence-corrected chi connectivity index (χ3v) is 5.01. The van der Waals surface area contributed by atoms with Crippen molar-refractivity contribution in [2.45, 2.75) is 27.2 Å². The van der Waals surface area contributed by atoms with Gasteiger partial charge in [-0.05, 0) is 44.5 Å². The number of aryl methyl sites for hydroxylation is 3. The maximum absolute atomic E-state index is 12.3. The summed E-state index contributed by atoms with van der Waals surface area (Å²) in [4.78, 5) is 48.9. The number of carbonyl (C=O) groups excluding carboxylic acids is 4. The highest BCUT2D eigenvalue weighted by Gasteiger charge is 2.36. The molecule has 0 spiro atoms. The number of anilines is 1. The number of benzene rings is 2. The Balaban J connectivity index is 1.48. The SMILES string of the molecule is Cc1ccc(C(=O)NN2C[C@@H](C(=O)OCC(=O)Nc3ccc(C)cc3C)CC2=O)cc1. The first-order chi connectivity index (χ1) is 14.7. The number of hydrazine groups is 1. The Morgan fingerprint density at radius 2 is 1.71 bits per heavy atom. The minimum Gasteiger partial charge on any atom is -0.455 e. The lowest BCUT2D eigenvalue weighted by Gasteiger charge is -2.17. The van der Waals surface area contributed by atoms with Crippen LogP contribution in [0.25, 0.3) is 0 Å². The van der Waals surface area contributed by atoms with E-state index in [1.165, 1.54) is 0 Å². The maximum atomic E-state index is 12.3. The van der Waals surface area contributed by atoms with Crippen LogP contribution in [0.5, 0.6) is 0 Å². The fourth-order valence-corrected chi connectivity index (χ4v) is 3.26. The zero-order valence-electron chi connectivity index (χ0n) is 17.7. The van der Waals surface area contributed by atoms with E-state index in [1.807, 2.05) is 32.9 Å². The van der Waals surface area contributed by atoms with Crippen molar-refractivity contribution >= 4 is 29.4 Å². The van der Waals surface area contributed by atoms with Gasteiger partial charge < -0.3 is 10.1 Å². The highest BCUT2D eigenvalue weighted by molar-refractivity contribution is 5.97. The number of ether oxygens (including phenoxy) is 1. The minimum atomic E-state index is -0.750. The van der Waals surface area contributed by atoms with E-state index >= 15 is 0 Å². The molecule has 31 heavy (non-hydrogen) atoms. The summed E-state index contributed by atoms with van der Waals surface area (Å²) in [5.74, 6) is -2.69. The molecule has 8 heteroatoms. The van der Waals surface area contributed by atoms with E-state index in [0.717, 1.165) is 21.7 Å². The number of nitrogens with zero attached hydrogens (tertiary/aromatic N) is 1. The number of nitrogens with one attached hydrogen (secondary N) is 2.